The molecule has 28 aromatic carbocycles. The van der Waals surface area contributed by atoms with E-state index in [0.29, 0.717) is 0 Å². The lowest BCUT2D eigenvalue weighted by Gasteiger charge is -2.18. The van der Waals surface area contributed by atoms with Crippen molar-refractivity contribution in [2.75, 3.05) is 0 Å². The van der Waals surface area contributed by atoms with Gasteiger partial charge in [-0.25, -0.2) is 0 Å². The molecular weight excluding hydrogens is 1790 g/mol. The van der Waals surface area contributed by atoms with E-state index >= 15 is 0 Å². The molecule has 688 valence electrons. The average Bonchev–Trinajstić information content (AvgIpc) is 1.23. The molecule has 0 saturated heterocycles. The molecule has 0 amide bonds. The Morgan fingerprint density at radius 3 is 0.696 bits per heavy atom. The molecule has 0 aliphatic heterocycles. The zero-order chi connectivity index (χ0) is 97.4. The molecule has 4 nitrogen and oxygen atoms in total. The van der Waals surface area contributed by atoms with Crippen molar-refractivity contribution in [3.8, 4) is 89.0 Å². The summed E-state index contributed by atoms with van der Waals surface area (Å²) in [6.07, 6.45) is 0. The smallest absolute Gasteiger partial charge is 0.143 e. The number of benzene rings is 28. The fourth-order valence-electron chi connectivity index (χ4n) is 24.0. The largest absolute Gasteiger partial charge is 0.456 e. The summed E-state index contributed by atoms with van der Waals surface area (Å²) >= 11 is 0. The van der Waals surface area contributed by atoms with Crippen LogP contribution in [0.1, 0.15) is 0 Å². The number of fused-ring (bicyclic) bond motifs is 24. The first-order valence-electron chi connectivity index (χ1n) is 50.8. The minimum atomic E-state index is 0.920. The van der Waals surface area contributed by atoms with Crippen LogP contribution in [-0.4, -0.2) is 0 Å². The first-order valence-corrected chi connectivity index (χ1v) is 50.8. The van der Waals surface area contributed by atoms with E-state index in [2.05, 4.69) is 534 Å². The van der Waals surface area contributed by atoms with Crippen molar-refractivity contribution in [3.05, 3.63) is 534 Å². The highest BCUT2D eigenvalue weighted by atomic mass is 16.3. The molecule has 0 unspecified atom stereocenters. The van der Waals surface area contributed by atoms with E-state index < -0.39 is 0 Å². The van der Waals surface area contributed by atoms with E-state index in [1.807, 2.05) is 0 Å². The number of hydrogen-bond donors (Lipinski definition) is 0. The Morgan fingerprint density at radius 2 is 0.331 bits per heavy atom. The highest BCUT2D eigenvalue weighted by Crippen LogP contribution is 2.54. The molecule has 4 heterocycles. The second-order valence-corrected chi connectivity index (χ2v) is 38.8. The summed E-state index contributed by atoms with van der Waals surface area (Å²) in [5.41, 5.74) is 27.2. The van der Waals surface area contributed by atoms with Gasteiger partial charge in [0, 0.05) is 54.2 Å². The molecule has 0 N–H and O–H groups in total. The van der Waals surface area contributed by atoms with Crippen molar-refractivity contribution in [1.82, 2.24) is 0 Å². The van der Waals surface area contributed by atoms with Gasteiger partial charge in [-0.05, 0) is 286 Å². The Labute approximate surface area is 851 Å². The number of para-hydroxylation sites is 1. The SMILES string of the molecule is c1ccc(-c2c3ccccc3c(-c3ccc4c(c3)oc3cc5ccccc5cc34)c3ccccc23)cc1.c1ccc(-c2c3ccccc3c(-c3ccc4oc5cc6ccccc6cc5c4c3)c3ccccc23)cc1.c1ccc(-c2c3ccccc3c(-c3cccc4c3oc3cc5ccccc5cc34)c3ccccc23)cc1.c1ccc(-c2c3ccccc3c(-c3cccc4oc5cc6ccccc6cc5c34)c3ccccc23)cc1. The first-order chi connectivity index (χ1) is 73.4. The Kier molecular flexibility index (Phi) is 20.3. The molecule has 0 bridgehead atoms. The molecule has 0 radical (unpaired) electrons. The summed E-state index contributed by atoms with van der Waals surface area (Å²) in [6, 6.07) is 191. The maximum Gasteiger partial charge on any atom is 0.143 e. The molecule has 0 fully saturated rings. The van der Waals surface area contributed by atoms with E-state index in [4.69, 9.17) is 17.7 Å². The van der Waals surface area contributed by atoms with Gasteiger partial charge in [-0.3, -0.25) is 0 Å². The summed E-state index contributed by atoms with van der Waals surface area (Å²) < 4.78 is 25.8. The van der Waals surface area contributed by atoms with Crippen LogP contribution in [0.2, 0.25) is 0 Å². The molecule has 0 aliphatic carbocycles. The number of hydrogen-bond acceptors (Lipinski definition) is 4. The Balaban J connectivity index is 0.0000000930. The van der Waals surface area contributed by atoms with Gasteiger partial charge in [-0.2, -0.15) is 0 Å². The van der Waals surface area contributed by atoms with Crippen molar-refractivity contribution in [3.63, 3.8) is 0 Å². The van der Waals surface area contributed by atoms with Crippen LogP contribution in [0.25, 0.3) is 306 Å². The van der Waals surface area contributed by atoms with Crippen LogP contribution in [0, 0.1) is 0 Å². The van der Waals surface area contributed by atoms with Crippen molar-refractivity contribution < 1.29 is 17.7 Å². The third-order valence-electron chi connectivity index (χ3n) is 30.5. The number of furan rings is 4. The van der Waals surface area contributed by atoms with Gasteiger partial charge >= 0.3 is 0 Å². The Hall–Kier alpha value is -19.5. The molecule has 0 atom stereocenters. The normalized spacial score (nSPS) is 11.8. The highest BCUT2D eigenvalue weighted by Gasteiger charge is 2.27. The van der Waals surface area contributed by atoms with Gasteiger partial charge < -0.3 is 17.7 Å². The summed E-state index contributed by atoms with van der Waals surface area (Å²) in [5.74, 6) is 0. The third-order valence-corrected chi connectivity index (χ3v) is 30.5. The van der Waals surface area contributed by atoms with Gasteiger partial charge in [0.15, 0.2) is 0 Å². The van der Waals surface area contributed by atoms with Gasteiger partial charge in [0.2, 0.25) is 0 Å². The molecule has 4 aromatic heterocycles. The van der Waals surface area contributed by atoms with Gasteiger partial charge in [0.05, 0.1) is 0 Å². The highest BCUT2D eigenvalue weighted by molar-refractivity contribution is 6.30. The van der Waals surface area contributed by atoms with Crippen molar-refractivity contribution >= 4 is 217 Å². The molecule has 148 heavy (non-hydrogen) atoms. The van der Waals surface area contributed by atoms with Gasteiger partial charge in [0.25, 0.3) is 0 Å². The number of rotatable bonds is 8. The lowest BCUT2D eigenvalue weighted by molar-refractivity contribution is 0.669. The second-order valence-electron chi connectivity index (χ2n) is 38.8. The van der Waals surface area contributed by atoms with E-state index in [9.17, 15) is 0 Å². The van der Waals surface area contributed by atoms with Crippen LogP contribution in [0.15, 0.2) is 552 Å². The lowest BCUT2D eigenvalue weighted by atomic mass is 9.85. The molecular formula is C144H88O4. The second kappa shape index (κ2) is 35.3. The van der Waals surface area contributed by atoms with Crippen LogP contribution in [0.5, 0.6) is 0 Å². The molecule has 0 spiro atoms. The van der Waals surface area contributed by atoms with Crippen LogP contribution in [0.4, 0.5) is 0 Å². The van der Waals surface area contributed by atoms with Crippen molar-refractivity contribution in [2.45, 2.75) is 0 Å². The molecule has 32 rings (SSSR count). The quantitative estimate of drug-likeness (QED) is 0.142. The zero-order valence-corrected chi connectivity index (χ0v) is 80.4. The maximum absolute atomic E-state index is 6.66. The Morgan fingerprint density at radius 1 is 0.101 bits per heavy atom. The van der Waals surface area contributed by atoms with E-state index in [-0.39, 0.29) is 0 Å². The van der Waals surface area contributed by atoms with Crippen LogP contribution in [0.3, 0.4) is 0 Å². The van der Waals surface area contributed by atoms with Crippen LogP contribution < -0.4 is 0 Å². The fraction of sp³-hybridized carbons (Fsp3) is 0. The monoisotopic (exact) mass is 1880 g/mol. The topological polar surface area (TPSA) is 52.6 Å². The summed E-state index contributed by atoms with van der Waals surface area (Å²) in [4.78, 5) is 0. The zero-order valence-electron chi connectivity index (χ0n) is 80.4. The molecule has 32 aromatic rings. The van der Waals surface area contributed by atoms with E-state index in [0.717, 1.165) is 87.9 Å². The van der Waals surface area contributed by atoms with Gasteiger partial charge in [0.1, 0.15) is 44.7 Å². The van der Waals surface area contributed by atoms with E-state index in [1.54, 1.807) is 0 Å². The van der Waals surface area contributed by atoms with Crippen LogP contribution >= 0.6 is 0 Å². The van der Waals surface area contributed by atoms with Gasteiger partial charge in [-0.1, -0.05) is 455 Å². The van der Waals surface area contributed by atoms with Crippen LogP contribution in [-0.2, 0) is 0 Å². The first kappa shape index (κ1) is 85.3. The van der Waals surface area contributed by atoms with Crippen molar-refractivity contribution in [1.29, 1.82) is 0 Å². The summed E-state index contributed by atoms with van der Waals surface area (Å²) in [7, 11) is 0. The Bertz CT molecular complexity index is 10700. The summed E-state index contributed by atoms with van der Waals surface area (Å²) in [5, 5.41) is 39.0. The summed E-state index contributed by atoms with van der Waals surface area (Å²) in [6.45, 7) is 0. The van der Waals surface area contributed by atoms with Crippen molar-refractivity contribution in [2.24, 2.45) is 0 Å². The lowest BCUT2D eigenvalue weighted by Crippen LogP contribution is -1.91. The average molecular weight is 1880 g/mol. The minimum Gasteiger partial charge on any atom is -0.456 e. The fourth-order valence-corrected chi connectivity index (χ4v) is 24.0. The predicted molar refractivity (Wildman–Crippen MR) is 628 cm³/mol. The van der Waals surface area contributed by atoms with E-state index in [1.165, 1.54) is 218 Å². The molecule has 0 aliphatic rings. The predicted octanol–water partition coefficient (Wildman–Crippen LogP) is 41.5. The maximum atomic E-state index is 6.66. The third kappa shape index (κ3) is 14.2. The standard InChI is InChI=1S/4C36H22O/c1-2-11-23(12-3-1)34-26-15-6-8-17-28(26)35(29-18-9-7-16-27(29)34)30-19-10-20-32-36(30)31-21-24-13-4-5-14-25(24)22-33(31)37-32;1-2-11-23(12-3-1)34-26-15-6-8-17-28(26)35(29-18-9-7-16-27(29)34)31-20-10-19-30-32-21-24-13-4-5-14-25(24)22-33(32)37-36(30)31;1-2-10-23(11-3-1)35-27-14-6-8-16-29(27)36(30-17-9-7-15-28(30)35)26-18-19-33-31(21-26)32-20-24-12-4-5-13-25(24)22-34(32)37-33;1-2-10-23(11-3-1)35-28-14-6-8-16-30(28)36(31-17-9-7-15-29(31)35)26-18-19-27-32-20-24-12-4-5-13-25(24)21-34(32)37-33(27)22-26/h4*1-22H. The molecule has 0 saturated carbocycles. The minimum absolute atomic E-state index is 0.920. The van der Waals surface area contributed by atoms with Gasteiger partial charge in [-0.15, -0.1) is 0 Å². The molecule has 4 heteroatoms.